The van der Waals surface area contributed by atoms with Gasteiger partial charge in [-0.1, -0.05) is 0 Å². The van der Waals surface area contributed by atoms with Crippen molar-refractivity contribution in [2.45, 2.75) is 38.1 Å². The first-order valence-electron chi connectivity index (χ1n) is 6.38. The molecule has 1 rings (SSSR count). The van der Waals surface area contributed by atoms with Gasteiger partial charge in [0.1, 0.15) is 0 Å². The predicted molar refractivity (Wildman–Crippen MR) is 70.9 cm³/mol. The van der Waals surface area contributed by atoms with Gasteiger partial charge in [0.05, 0.1) is 12.1 Å². The first kappa shape index (κ1) is 16.9. The molecular weight excluding hydrogens is 282 g/mol. The largest absolute Gasteiger partial charge is 0.478 e. The summed E-state index contributed by atoms with van der Waals surface area (Å²) < 4.78 is 5.12. The molecule has 0 radical (unpaired) electrons. The highest BCUT2D eigenvalue weighted by molar-refractivity contribution is 5.86. The van der Waals surface area contributed by atoms with Crippen LogP contribution in [-0.2, 0) is 19.1 Å². The van der Waals surface area contributed by atoms with E-state index in [4.69, 9.17) is 15.6 Å². The molecule has 0 aromatic rings. The van der Waals surface area contributed by atoms with Crippen LogP contribution in [0.15, 0.2) is 11.8 Å². The summed E-state index contributed by atoms with van der Waals surface area (Å²) in [6.07, 6.45) is -1.85. The van der Waals surface area contributed by atoms with Crippen molar-refractivity contribution in [3.05, 3.63) is 11.8 Å². The molecule has 118 valence electrons. The Bertz CT molecular complexity index is 464. The first-order chi connectivity index (χ1) is 9.77. The number of carbonyl (C=O) groups is 3. The van der Waals surface area contributed by atoms with Crippen molar-refractivity contribution in [1.29, 1.82) is 0 Å². The van der Waals surface area contributed by atoms with E-state index in [0.717, 1.165) is 6.08 Å². The molecule has 2 amide bonds. The molecule has 0 fully saturated rings. The molecule has 9 nitrogen and oxygen atoms in total. The number of aliphatic hydroxyl groups is 1. The van der Waals surface area contributed by atoms with Crippen LogP contribution in [0, 0.1) is 0 Å². The monoisotopic (exact) mass is 301 g/mol. The van der Waals surface area contributed by atoms with E-state index in [-0.39, 0.29) is 6.54 Å². The van der Waals surface area contributed by atoms with E-state index < -0.39 is 47.8 Å². The number of hydrogen-bond acceptors (Lipinski definition) is 6. The van der Waals surface area contributed by atoms with Crippen molar-refractivity contribution in [2.75, 3.05) is 6.54 Å². The minimum atomic E-state index is -1.67. The molecule has 0 unspecified atom stereocenters. The van der Waals surface area contributed by atoms with Gasteiger partial charge in [-0.05, 0) is 13.0 Å². The molecule has 0 saturated heterocycles. The summed E-state index contributed by atoms with van der Waals surface area (Å²) in [5.74, 6) is -3.03. The van der Waals surface area contributed by atoms with Crippen LogP contribution in [0.5, 0.6) is 0 Å². The van der Waals surface area contributed by atoms with Gasteiger partial charge in [-0.2, -0.15) is 0 Å². The molecule has 0 spiro atoms. The number of nitrogens with one attached hydrogen (secondary N) is 2. The van der Waals surface area contributed by atoms with Crippen LogP contribution in [0.3, 0.4) is 0 Å². The van der Waals surface area contributed by atoms with Crippen molar-refractivity contribution in [3.8, 4) is 0 Å². The third-order valence-corrected chi connectivity index (χ3v) is 2.89. The molecule has 9 heteroatoms. The highest BCUT2D eigenvalue weighted by atomic mass is 16.5. The molecular formula is C12H19N3O6. The summed E-state index contributed by atoms with van der Waals surface area (Å²) in [5.41, 5.74) is 5.78. The normalized spacial score (nSPS) is 26.1. The van der Waals surface area contributed by atoms with E-state index in [1.807, 2.05) is 0 Å². The molecule has 0 aromatic heterocycles. The standard InChI is InChI=1S/C12H19N3O6/c1-3-14-11(18)9(17)10-8(15-5(2)16)6(13)4-7(21-10)12(19)20/h4,6,8-10,17H,3,13H2,1-2H3,(H,14,18)(H,15,16)(H,19,20)/t6-,8+,9-,10+/m0/s1. The molecule has 0 aromatic carbocycles. The zero-order valence-electron chi connectivity index (χ0n) is 11.7. The smallest absolute Gasteiger partial charge is 0.370 e. The lowest BCUT2D eigenvalue weighted by Gasteiger charge is -2.36. The lowest BCUT2D eigenvalue weighted by molar-refractivity contribution is -0.148. The maximum Gasteiger partial charge on any atom is 0.370 e. The fraction of sp³-hybridized carbons (Fsp3) is 0.583. The van der Waals surface area contributed by atoms with Gasteiger partial charge in [-0.25, -0.2) is 4.79 Å². The lowest BCUT2D eigenvalue weighted by Crippen LogP contribution is -2.62. The topological polar surface area (TPSA) is 151 Å². The Morgan fingerprint density at radius 3 is 2.57 bits per heavy atom. The summed E-state index contributed by atoms with van der Waals surface area (Å²) in [4.78, 5) is 33.9. The average Bonchev–Trinajstić information content (AvgIpc) is 2.39. The Balaban J connectivity index is 3.04. The van der Waals surface area contributed by atoms with Gasteiger partial charge >= 0.3 is 5.97 Å². The third kappa shape index (κ3) is 4.17. The highest BCUT2D eigenvalue weighted by Gasteiger charge is 2.42. The zero-order valence-corrected chi connectivity index (χ0v) is 11.7. The molecule has 0 aliphatic carbocycles. The van der Waals surface area contributed by atoms with Gasteiger partial charge in [0.2, 0.25) is 11.7 Å². The number of aliphatic carboxylic acids is 1. The minimum Gasteiger partial charge on any atom is -0.478 e. The van der Waals surface area contributed by atoms with Crippen LogP contribution in [0.4, 0.5) is 0 Å². The second-order valence-corrected chi connectivity index (χ2v) is 4.56. The summed E-state index contributed by atoms with van der Waals surface area (Å²) >= 11 is 0. The Kier molecular flexibility index (Phi) is 5.68. The zero-order chi connectivity index (χ0) is 16.2. The molecule has 6 N–H and O–H groups in total. The molecule has 1 aliphatic rings. The fourth-order valence-corrected chi connectivity index (χ4v) is 1.98. The number of hydrogen-bond donors (Lipinski definition) is 5. The van der Waals surface area contributed by atoms with Crippen molar-refractivity contribution in [3.63, 3.8) is 0 Å². The molecule has 21 heavy (non-hydrogen) atoms. The number of rotatable bonds is 5. The van der Waals surface area contributed by atoms with E-state index in [0.29, 0.717) is 0 Å². The number of carbonyl (C=O) groups excluding carboxylic acids is 2. The van der Waals surface area contributed by atoms with Crippen molar-refractivity contribution < 1.29 is 29.3 Å². The van der Waals surface area contributed by atoms with Crippen LogP contribution < -0.4 is 16.4 Å². The summed E-state index contributed by atoms with van der Waals surface area (Å²) in [7, 11) is 0. The SMILES string of the molecule is CCNC(=O)[C@@H](O)[C@@H]1OC(C(=O)O)=C[C@H](N)[C@H]1NC(C)=O. The summed E-state index contributed by atoms with van der Waals surface area (Å²) in [6.45, 7) is 3.17. The summed E-state index contributed by atoms with van der Waals surface area (Å²) in [6, 6.07) is -1.84. The van der Waals surface area contributed by atoms with Gasteiger partial charge in [0.15, 0.2) is 12.2 Å². The third-order valence-electron chi connectivity index (χ3n) is 2.89. The predicted octanol–water partition coefficient (Wildman–Crippen LogP) is -2.32. The maximum absolute atomic E-state index is 11.7. The van der Waals surface area contributed by atoms with Crippen LogP contribution in [-0.4, -0.2) is 58.8 Å². The van der Waals surface area contributed by atoms with E-state index in [1.54, 1.807) is 6.92 Å². The Morgan fingerprint density at radius 2 is 2.10 bits per heavy atom. The van der Waals surface area contributed by atoms with E-state index in [2.05, 4.69) is 10.6 Å². The van der Waals surface area contributed by atoms with Crippen LogP contribution in [0.1, 0.15) is 13.8 Å². The van der Waals surface area contributed by atoms with Crippen molar-refractivity contribution in [1.82, 2.24) is 10.6 Å². The number of ether oxygens (including phenoxy) is 1. The minimum absolute atomic E-state index is 0.279. The van der Waals surface area contributed by atoms with Crippen molar-refractivity contribution in [2.24, 2.45) is 5.73 Å². The van der Waals surface area contributed by atoms with Crippen LogP contribution in [0.2, 0.25) is 0 Å². The van der Waals surface area contributed by atoms with Gasteiger partial charge < -0.3 is 31.3 Å². The van der Waals surface area contributed by atoms with Crippen molar-refractivity contribution >= 4 is 17.8 Å². The Labute approximate surface area is 121 Å². The lowest BCUT2D eigenvalue weighted by atomic mass is 9.94. The van der Waals surface area contributed by atoms with Crippen LogP contribution >= 0.6 is 0 Å². The molecule has 0 saturated carbocycles. The van der Waals surface area contributed by atoms with Gasteiger partial charge in [-0.15, -0.1) is 0 Å². The number of likely N-dealkylation sites (N-methyl/N-ethyl adjacent to an activating group) is 1. The average molecular weight is 301 g/mol. The number of carboxylic acid groups (broad SMARTS) is 1. The Morgan fingerprint density at radius 1 is 1.48 bits per heavy atom. The number of amides is 2. The molecule has 4 atom stereocenters. The number of aliphatic hydroxyl groups excluding tert-OH is 1. The number of carboxylic acids is 1. The quantitative estimate of drug-likeness (QED) is 0.382. The first-order valence-corrected chi connectivity index (χ1v) is 6.38. The number of nitrogens with two attached hydrogens (primary N) is 1. The van der Waals surface area contributed by atoms with E-state index in [9.17, 15) is 19.5 Å². The van der Waals surface area contributed by atoms with Gasteiger partial charge in [0.25, 0.3) is 5.91 Å². The maximum atomic E-state index is 11.7. The second-order valence-electron chi connectivity index (χ2n) is 4.56. The van der Waals surface area contributed by atoms with E-state index in [1.165, 1.54) is 6.92 Å². The molecule has 0 bridgehead atoms. The van der Waals surface area contributed by atoms with Gasteiger partial charge in [-0.3, -0.25) is 9.59 Å². The Hall–Kier alpha value is -2.13. The molecule has 1 heterocycles. The van der Waals surface area contributed by atoms with E-state index >= 15 is 0 Å². The fourth-order valence-electron chi connectivity index (χ4n) is 1.98. The summed E-state index contributed by atoms with van der Waals surface area (Å²) in [5, 5.41) is 23.8. The van der Waals surface area contributed by atoms with Gasteiger partial charge in [0, 0.05) is 13.5 Å². The van der Waals surface area contributed by atoms with Crippen LogP contribution in [0.25, 0.3) is 0 Å². The highest BCUT2D eigenvalue weighted by Crippen LogP contribution is 2.20. The second kappa shape index (κ2) is 7.04. The molecule has 1 aliphatic heterocycles.